The minimum atomic E-state index is -0.375. The Kier molecular flexibility index (Phi) is 4.86. The van der Waals surface area contributed by atoms with E-state index < -0.39 is 0 Å². The van der Waals surface area contributed by atoms with E-state index in [1.165, 1.54) is 0 Å². The van der Waals surface area contributed by atoms with Crippen molar-refractivity contribution in [2.24, 2.45) is 0 Å². The number of benzene rings is 2. The molecule has 5 aromatic rings. The Bertz CT molecular complexity index is 1310. The summed E-state index contributed by atoms with van der Waals surface area (Å²) in [4.78, 5) is 17.1. The lowest BCUT2D eigenvalue weighted by Gasteiger charge is -2.08. The van der Waals surface area contributed by atoms with Gasteiger partial charge in [0.2, 0.25) is 11.7 Å². The van der Waals surface area contributed by atoms with Gasteiger partial charge in [-0.2, -0.15) is 4.98 Å². The van der Waals surface area contributed by atoms with Crippen LogP contribution in [0.3, 0.4) is 0 Å². The number of carbonyl (C=O) groups is 1. The molecular weight excluding hydrogens is 396 g/mol. The van der Waals surface area contributed by atoms with Crippen molar-refractivity contribution in [3.05, 3.63) is 96.2 Å². The molecule has 0 aliphatic rings. The maximum Gasteiger partial charge on any atom is 0.277 e. The summed E-state index contributed by atoms with van der Waals surface area (Å²) in [6.07, 6.45) is 1.89. The molecule has 5 rings (SSSR count). The molecule has 0 radical (unpaired) electrons. The molecule has 0 aliphatic carbocycles. The molecule has 0 aliphatic heterocycles. The predicted octanol–water partition coefficient (Wildman–Crippen LogP) is 4.83. The van der Waals surface area contributed by atoms with Crippen LogP contribution in [0.25, 0.3) is 22.9 Å². The van der Waals surface area contributed by atoms with E-state index in [9.17, 15) is 4.79 Å². The number of para-hydroxylation sites is 1. The highest BCUT2D eigenvalue weighted by molar-refractivity contribution is 6.03. The molecule has 31 heavy (non-hydrogen) atoms. The van der Waals surface area contributed by atoms with E-state index in [1.807, 2.05) is 48.5 Å². The maximum absolute atomic E-state index is 12.7. The molecule has 3 heterocycles. The summed E-state index contributed by atoms with van der Waals surface area (Å²) >= 11 is 0. The number of nitrogens with one attached hydrogen (secondary N) is 1. The van der Waals surface area contributed by atoms with Crippen LogP contribution in [-0.2, 0) is 6.42 Å². The summed E-state index contributed by atoms with van der Waals surface area (Å²) in [5, 5.41) is 10.7. The topological polar surface area (TPSA) is 107 Å². The second kappa shape index (κ2) is 8.11. The van der Waals surface area contributed by atoms with Crippen molar-refractivity contribution in [1.29, 1.82) is 0 Å². The first-order valence-electron chi connectivity index (χ1n) is 9.54. The van der Waals surface area contributed by atoms with Crippen LogP contribution < -0.4 is 5.32 Å². The zero-order valence-corrected chi connectivity index (χ0v) is 16.2. The largest absolute Gasteiger partial charge is 0.461 e. The van der Waals surface area contributed by atoms with Crippen molar-refractivity contribution >= 4 is 11.6 Å². The Morgan fingerprint density at radius 2 is 1.71 bits per heavy atom. The Morgan fingerprint density at radius 1 is 0.871 bits per heavy atom. The number of amides is 1. The van der Waals surface area contributed by atoms with Gasteiger partial charge in [-0.15, -0.1) is 0 Å². The monoisotopic (exact) mass is 412 g/mol. The van der Waals surface area contributed by atoms with Crippen molar-refractivity contribution < 1.29 is 18.3 Å². The highest BCUT2D eigenvalue weighted by Crippen LogP contribution is 2.23. The van der Waals surface area contributed by atoms with Gasteiger partial charge in [0.15, 0.2) is 17.2 Å². The molecule has 0 saturated carbocycles. The zero-order valence-electron chi connectivity index (χ0n) is 16.2. The number of rotatable bonds is 6. The fourth-order valence-corrected chi connectivity index (χ4v) is 3.10. The first-order chi connectivity index (χ1) is 15.3. The van der Waals surface area contributed by atoms with Gasteiger partial charge in [-0.05, 0) is 23.8 Å². The number of nitrogens with zero attached hydrogens (tertiary/aromatic N) is 3. The predicted molar refractivity (Wildman–Crippen MR) is 111 cm³/mol. The minimum absolute atomic E-state index is 0.187. The summed E-state index contributed by atoms with van der Waals surface area (Å²) in [6.45, 7) is 0. The third-order valence-electron chi connectivity index (χ3n) is 4.62. The molecule has 152 valence electrons. The molecule has 1 N–H and O–H groups in total. The number of anilines is 1. The molecule has 3 aromatic heterocycles. The Hall–Kier alpha value is -4.46. The third-order valence-corrected chi connectivity index (χ3v) is 4.62. The molecule has 0 fully saturated rings. The van der Waals surface area contributed by atoms with Gasteiger partial charge in [0.05, 0.1) is 12.7 Å². The van der Waals surface area contributed by atoms with Gasteiger partial charge in [-0.3, -0.25) is 4.79 Å². The van der Waals surface area contributed by atoms with Gasteiger partial charge in [-0.1, -0.05) is 58.8 Å². The molecule has 0 atom stereocenters. The number of hydrogen-bond donors (Lipinski definition) is 1. The first kappa shape index (κ1) is 18.6. The SMILES string of the molecule is O=C(Nc1ccccc1Cc1nc(-c2ccco2)no1)c1cc(-c2ccccc2)on1. The number of furan rings is 1. The standard InChI is InChI=1S/C23H16N4O4/c28-23(18-14-20(30-26-18)15-7-2-1-3-8-15)24-17-10-5-4-9-16(17)13-21-25-22(27-31-21)19-11-6-12-29-19/h1-12,14H,13H2,(H,24,28). The fourth-order valence-electron chi connectivity index (χ4n) is 3.10. The Balaban J connectivity index is 1.33. The van der Waals surface area contributed by atoms with E-state index in [0.717, 1.165) is 11.1 Å². The highest BCUT2D eigenvalue weighted by atomic mass is 16.5. The summed E-state index contributed by atoms with van der Waals surface area (Å²) in [5.74, 6) is 1.45. The summed E-state index contributed by atoms with van der Waals surface area (Å²) < 4.78 is 15.9. The first-order valence-corrected chi connectivity index (χ1v) is 9.54. The molecule has 0 saturated heterocycles. The van der Waals surface area contributed by atoms with Crippen LogP contribution in [-0.4, -0.2) is 21.2 Å². The van der Waals surface area contributed by atoms with E-state index in [0.29, 0.717) is 35.3 Å². The zero-order chi connectivity index (χ0) is 21.0. The van der Waals surface area contributed by atoms with Gasteiger partial charge >= 0.3 is 0 Å². The van der Waals surface area contributed by atoms with Crippen molar-refractivity contribution in [3.63, 3.8) is 0 Å². The molecular formula is C23H16N4O4. The second-order valence-corrected chi connectivity index (χ2v) is 6.72. The van der Waals surface area contributed by atoms with E-state index >= 15 is 0 Å². The molecule has 8 nitrogen and oxygen atoms in total. The van der Waals surface area contributed by atoms with Crippen LogP contribution in [0.15, 0.2) is 92.5 Å². The summed E-state index contributed by atoms with van der Waals surface area (Å²) in [6, 6.07) is 22.0. The number of aromatic nitrogens is 3. The molecule has 0 spiro atoms. The fraction of sp³-hybridized carbons (Fsp3) is 0.0435. The van der Waals surface area contributed by atoms with Crippen molar-refractivity contribution in [2.75, 3.05) is 5.32 Å². The third kappa shape index (κ3) is 3.99. The van der Waals surface area contributed by atoms with Crippen LogP contribution in [0.4, 0.5) is 5.69 Å². The molecule has 8 heteroatoms. The van der Waals surface area contributed by atoms with Gasteiger partial charge in [0.25, 0.3) is 5.91 Å². The molecule has 2 aromatic carbocycles. The smallest absolute Gasteiger partial charge is 0.277 e. The minimum Gasteiger partial charge on any atom is -0.461 e. The van der Waals surface area contributed by atoms with Gasteiger partial charge in [-0.25, -0.2) is 0 Å². The maximum atomic E-state index is 12.7. The van der Waals surface area contributed by atoms with Crippen LogP contribution in [0.1, 0.15) is 21.9 Å². The van der Waals surface area contributed by atoms with Crippen molar-refractivity contribution in [1.82, 2.24) is 15.3 Å². The van der Waals surface area contributed by atoms with E-state index in [1.54, 1.807) is 30.5 Å². The van der Waals surface area contributed by atoms with Crippen LogP contribution in [0.5, 0.6) is 0 Å². The average molecular weight is 412 g/mol. The van der Waals surface area contributed by atoms with E-state index in [-0.39, 0.29) is 11.6 Å². The molecule has 1 amide bonds. The normalized spacial score (nSPS) is 10.8. The van der Waals surface area contributed by atoms with Gasteiger partial charge < -0.3 is 18.8 Å². The quantitative estimate of drug-likeness (QED) is 0.426. The summed E-state index contributed by atoms with van der Waals surface area (Å²) in [5.41, 5.74) is 2.47. The lowest BCUT2D eigenvalue weighted by Crippen LogP contribution is -2.13. The second-order valence-electron chi connectivity index (χ2n) is 6.72. The lowest BCUT2D eigenvalue weighted by atomic mass is 10.1. The van der Waals surface area contributed by atoms with Crippen LogP contribution in [0, 0.1) is 0 Å². The van der Waals surface area contributed by atoms with E-state index in [4.69, 9.17) is 13.5 Å². The number of hydrogen-bond acceptors (Lipinski definition) is 7. The number of carbonyl (C=O) groups excluding carboxylic acids is 1. The van der Waals surface area contributed by atoms with Crippen LogP contribution >= 0.6 is 0 Å². The van der Waals surface area contributed by atoms with Gasteiger partial charge in [0.1, 0.15) is 0 Å². The lowest BCUT2D eigenvalue weighted by molar-refractivity contribution is 0.101. The van der Waals surface area contributed by atoms with Crippen molar-refractivity contribution in [2.45, 2.75) is 6.42 Å². The van der Waals surface area contributed by atoms with Crippen LogP contribution in [0.2, 0.25) is 0 Å². The summed E-state index contributed by atoms with van der Waals surface area (Å²) in [7, 11) is 0. The van der Waals surface area contributed by atoms with E-state index in [2.05, 4.69) is 20.6 Å². The molecule has 0 bridgehead atoms. The average Bonchev–Trinajstić information content (AvgIpc) is 3.57. The molecule has 0 unspecified atom stereocenters. The van der Waals surface area contributed by atoms with Gasteiger partial charge in [0, 0.05) is 17.3 Å². The highest BCUT2D eigenvalue weighted by Gasteiger charge is 2.17. The Morgan fingerprint density at radius 3 is 2.55 bits per heavy atom. The van der Waals surface area contributed by atoms with Crippen molar-refractivity contribution in [3.8, 4) is 22.9 Å². The Labute approximate surface area is 176 Å².